The predicted octanol–water partition coefficient (Wildman–Crippen LogP) is 1.96. The molecule has 0 spiro atoms. The second kappa shape index (κ2) is 11.9. The van der Waals surface area contributed by atoms with Crippen LogP contribution in [-0.2, 0) is 25.4 Å². The van der Waals surface area contributed by atoms with Gasteiger partial charge in [0.25, 0.3) is 0 Å². The van der Waals surface area contributed by atoms with Crippen molar-refractivity contribution in [1.82, 2.24) is 15.3 Å². The number of carbonyl (C=O) groups is 3. The summed E-state index contributed by atoms with van der Waals surface area (Å²) in [5.74, 6) is -2.19. The van der Waals surface area contributed by atoms with Crippen LogP contribution in [0.3, 0.4) is 0 Å². The number of amides is 2. The van der Waals surface area contributed by atoms with Crippen LogP contribution in [0.4, 0.5) is 0 Å². The summed E-state index contributed by atoms with van der Waals surface area (Å²) in [4.78, 5) is 55.8. The fraction of sp³-hybridized carbons (Fsp3) is 0.409. The van der Waals surface area contributed by atoms with Gasteiger partial charge in [0.1, 0.15) is 17.8 Å². The highest BCUT2D eigenvalue weighted by molar-refractivity contribution is 7.49. The summed E-state index contributed by atoms with van der Waals surface area (Å²) in [6, 6.07) is 7.79. The van der Waals surface area contributed by atoms with Crippen molar-refractivity contribution in [3.63, 3.8) is 0 Å². The summed E-state index contributed by atoms with van der Waals surface area (Å²) in [6.07, 6.45) is 1.52. The first-order chi connectivity index (χ1) is 15.9. The van der Waals surface area contributed by atoms with Crippen molar-refractivity contribution in [2.24, 2.45) is 5.92 Å². The van der Waals surface area contributed by atoms with Crippen molar-refractivity contribution in [2.45, 2.75) is 45.7 Å². The van der Waals surface area contributed by atoms with Gasteiger partial charge >= 0.3 is 13.7 Å². The topological polar surface area (TPSA) is 169 Å². The molecule has 0 bridgehead atoms. The Balaban J connectivity index is 2.21. The molecule has 0 aliphatic carbocycles. The highest BCUT2D eigenvalue weighted by atomic mass is 31.2. The highest BCUT2D eigenvalue weighted by Crippen LogP contribution is 2.42. The zero-order valence-electron chi connectivity index (χ0n) is 19.2. The van der Waals surface area contributed by atoms with Gasteiger partial charge in [-0.25, -0.2) is 9.36 Å². The standard InChI is InChI=1S/C22H30N3O8P/c1-14(2)11-19(25(34(30,31)32)13-23-15(3)26)21(27)24-18(22(28)29)12-16-6-8-17(9-7-16)20-5-4-10-33-20/h4-10,14,18-19H,11-13H2,1-3H3,(H,23,26)(H,24,27)(H,28,29)(H2,30,31,32). The third kappa shape index (κ3) is 8.11. The van der Waals surface area contributed by atoms with Crippen LogP contribution in [0.2, 0.25) is 0 Å². The summed E-state index contributed by atoms with van der Waals surface area (Å²) in [7, 11) is -4.96. The molecule has 2 rings (SSSR count). The number of benzene rings is 1. The first-order valence-electron chi connectivity index (χ1n) is 10.6. The van der Waals surface area contributed by atoms with Gasteiger partial charge < -0.3 is 29.9 Å². The molecule has 1 heterocycles. The van der Waals surface area contributed by atoms with Gasteiger partial charge in [-0.15, -0.1) is 0 Å². The Hall–Kier alpha value is -2.98. The maximum Gasteiger partial charge on any atom is 0.405 e. The smallest absolute Gasteiger partial charge is 0.405 e. The lowest BCUT2D eigenvalue weighted by atomic mass is 10.0. The van der Waals surface area contributed by atoms with Crippen LogP contribution in [0, 0.1) is 5.92 Å². The molecule has 1 aromatic carbocycles. The van der Waals surface area contributed by atoms with Crippen LogP contribution < -0.4 is 10.6 Å². The molecule has 11 nitrogen and oxygen atoms in total. The zero-order chi connectivity index (χ0) is 25.5. The van der Waals surface area contributed by atoms with Crippen LogP contribution >= 0.6 is 7.75 Å². The summed E-state index contributed by atoms with van der Waals surface area (Å²) in [6.45, 7) is 4.11. The van der Waals surface area contributed by atoms with Crippen LogP contribution in [-0.4, -0.2) is 56.1 Å². The normalized spacial score (nSPS) is 13.5. The van der Waals surface area contributed by atoms with Crippen molar-refractivity contribution >= 4 is 25.5 Å². The van der Waals surface area contributed by atoms with Crippen molar-refractivity contribution in [3.05, 3.63) is 48.2 Å². The average molecular weight is 495 g/mol. The number of hydrogen-bond donors (Lipinski definition) is 5. The summed E-state index contributed by atoms with van der Waals surface area (Å²) in [5.41, 5.74) is 1.44. The van der Waals surface area contributed by atoms with Crippen molar-refractivity contribution in [1.29, 1.82) is 0 Å². The number of furan rings is 1. The van der Waals surface area contributed by atoms with Gasteiger partial charge in [-0.05, 0) is 30.0 Å². The second-order valence-corrected chi connectivity index (χ2v) is 9.81. The molecule has 5 N–H and O–H groups in total. The minimum Gasteiger partial charge on any atom is -0.480 e. The van der Waals surface area contributed by atoms with E-state index in [-0.39, 0.29) is 18.8 Å². The minimum absolute atomic E-state index is 0.0285. The van der Waals surface area contributed by atoms with E-state index in [2.05, 4.69) is 10.6 Å². The van der Waals surface area contributed by atoms with Gasteiger partial charge in [-0.2, -0.15) is 4.67 Å². The number of carboxylic acid groups (broad SMARTS) is 1. The maximum atomic E-state index is 13.0. The monoisotopic (exact) mass is 495 g/mol. The lowest BCUT2D eigenvalue weighted by Gasteiger charge is -2.32. The molecule has 2 aromatic rings. The number of hydrogen-bond acceptors (Lipinski definition) is 5. The van der Waals surface area contributed by atoms with E-state index < -0.39 is 44.3 Å². The first kappa shape index (κ1) is 27.3. The first-order valence-corrected chi connectivity index (χ1v) is 12.2. The van der Waals surface area contributed by atoms with Gasteiger partial charge in [0.2, 0.25) is 11.8 Å². The summed E-state index contributed by atoms with van der Waals surface area (Å²) < 4.78 is 18.0. The van der Waals surface area contributed by atoms with Crippen LogP contribution in [0.15, 0.2) is 47.1 Å². The number of rotatable bonds is 12. The average Bonchev–Trinajstić information content (AvgIpc) is 3.26. The molecule has 2 amide bonds. The fourth-order valence-corrected chi connectivity index (χ4v) is 4.16. The molecule has 0 aliphatic rings. The molecule has 1 aromatic heterocycles. The minimum atomic E-state index is -4.96. The third-order valence-electron chi connectivity index (χ3n) is 5.00. The molecular weight excluding hydrogens is 465 g/mol. The largest absolute Gasteiger partial charge is 0.480 e. The number of aliphatic carboxylic acids is 1. The molecule has 0 aliphatic heterocycles. The molecule has 0 saturated heterocycles. The van der Waals surface area contributed by atoms with Crippen LogP contribution in [0.25, 0.3) is 11.3 Å². The van der Waals surface area contributed by atoms with Crippen LogP contribution in [0.5, 0.6) is 0 Å². The highest BCUT2D eigenvalue weighted by Gasteiger charge is 2.38. The zero-order valence-corrected chi connectivity index (χ0v) is 20.1. The molecule has 2 atom stereocenters. The van der Waals surface area contributed by atoms with Gasteiger partial charge in [-0.3, -0.25) is 9.59 Å². The van der Waals surface area contributed by atoms with Crippen molar-refractivity contribution < 1.29 is 38.3 Å². The maximum absolute atomic E-state index is 13.0. The molecule has 0 saturated carbocycles. The number of nitrogens with zero attached hydrogens (tertiary/aromatic N) is 1. The molecule has 34 heavy (non-hydrogen) atoms. The molecular formula is C22H30N3O8P. The number of carboxylic acids is 1. The van der Waals surface area contributed by atoms with Gasteiger partial charge in [0, 0.05) is 18.9 Å². The van der Waals surface area contributed by atoms with E-state index >= 15 is 0 Å². The Morgan fingerprint density at radius 1 is 1.12 bits per heavy atom. The molecule has 12 heteroatoms. The molecule has 2 unspecified atom stereocenters. The van der Waals surface area contributed by atoms with Crippen LogP contribution in [0.1, 0.15) is 32.8 Å². The number of carbonyl (C=O) groups excluding carboxylic acids is 2. The number of nitrogens with one attached hydrogen (secondary N) is 2. The third-order valence-corrected chi connectivity index (χ3v) is 6.09. The van der Waals surface area contributed by atoms with E-state index in [1.807, 2.05) is 0 Å². The van der Waals surface area contributed by atoms with Gasteiger partial charge in [-0.1, -0.05) is 38.1 Å². The Kier molecular flexibility index (Phi) is 9.57. The Labute approximate surface area is 197 Å². The van der Waals surface area contributed by atoms with Crippen molar-refractivity contribution in [3.8, 4) is 11.3 Å². The van der Waals surface area contributed by atoms with Gasteiger partial charge in [0.05, 0.1) is 12.9 Å². The Morgan fingerprint density at radius 2 is 1.76 bits per heavy atom. The van der Waals surface area contributed by atoms with Crippen molar-refractivity contribution in [2.75, 3.05) is 6.67 Å². The van der Waals surface area contributed by atoms with E-state index in [1.165, 1.54) is 6.92 Å². The van der Waals surface area contributed by atoms with Gasteiger partial charge in [0.15, 0.2) is 0 Å². The quantitative estimate of drug-likeness (QED) is 0.218. The Morgan fingerprint density at radius 3 is 2.24 bits per heavy atom. The van der Waals surface area contributed by atoms with E-state index in [4.69, 9.17) is 4.42 Å². The predicted molar refractivity (Wildman–Crippen MR) is 123 cm³/mol. The lowest BCUT2D eigenvalue weighted by Crippen LogP contribution is -2.53. The molecule has 0 fully saturated rings. The van der Waals surface area contributed by atoms with E-state index in [1.54, 1.807) is 56.5 Å². The summed E-state index contributed by atoms with van der Waals surface area (Å²) in [5, 5.41) is 14.4. The molecule has 186 valence electrons. The SMILES string of the molecule is CC(=O)NCN(C(CC(C)C)C(=O)NC(Cc1ccc(-c2ccco2)cc1)C(=O)O)P(=O)(O)O. The second-order valence-electron chi connectivity index (χ2n) is 8.27. The molecule has 0 radical (unpaired) electrons. The van der Waals surface area contributed by atoms with E-state index in [0.29, 0.717) is 16.0 Å². The lowest BCUT2D eigenvalue weighted by molar-refractivity contribution is -0.142. The van der Waals surface area contributed by atoms with E-state index in [0.717, 1.165) is 5.56 Å². The fourth-order valence-electron chi connectivity index (χ4n) is 3.34. The summed E-state index contributed by atoms with van der Waals surface area (Å²) >= 11 is 0. The Bertz CT molecular complexity index is 1020. The van der Waals surface area contributed by atoms with E-state index in [9.17, 15) is 33.8 Å².